The van der Waals surface area contributed by atoms with E-state index in [-0.39, 0.29) is 18.4 Å². The molecule has 0 radical (unpaired) electrons. The van der Waals surface area contributed by atoms with Gasteiger partial charge in [-0.25, -0.2) is 4.79 Å². The third-order valence-electron chi connectivity index (χ3n) is 1.08. The molecule has 0 aromatic heterocycles. The number of carbonyl (C=O) groups is 1. The summed E-state index contributed by atoms with van der Waals surface area (Å²) in [5.41, 5.74) is 4.94. The molecule has 0 fully saturated rings. The number of carbonyl (C=O) groups excluding carboxylic acids is 1. The average molecular weight is 153 g/mol. The van der Waals surface area contributed by atoms with E-state index in [1.807, 2.05) is 13.8 Å². The van der Waals surface area contributed by atoms with E-state index < -0.39 is 0 Å². The number of halogens is 1. The molecule has 9 heavy (non-hydrogen) atoms. The minimum absolute atomic E-state index is 0. The lowest BCUT2D eigenvalue weighted by Gasteiger charge is -2.13. The van der Waals surface area contributed by atoms with E-state index in [0.717, 1.165) is 0 Å². The summed E-state index contributed by atoms with van der Waals surface area (Å²) in [5, 5.41) is 0. The highest BCUT2D eigenvalue weighted by molar-refractivity contribution is 5.85. The molecule has 3 nitrogen and oxygen atoms in total. The largest absolute Gasteiger partial charge is 0.351 e. The normalized spacial score (nSPS) is 7.78. The molecular weight excluding hydrogens is 140 g/mol. The van der Waals surface area contributed by atoms with Crippen molar-refractivity contribution in [3.05, 3.63) is 0 Å². The van der Waals surface area contributed by atoms with Crippen LogP contribution in [0.3, 0.4) is 0 Å². The summed E-state index contributed by atoms with van der Waals surface area (Å²) in [6.45, 7) is 5.19. The second kappa shape index (κ2) is 5.69. The van der Waals surface area contributed by atoms with Gasteiger partial charge in [0.15, 0.2) is 0 Å². The lowest BCUT2D eigenvalue weighted by atomic mass is 10.5. The van der Waals surface area contributed by atoms with Crippen molar-refractivity contribution in [2.45, 2.75) is 13.8 Å². The minimum atomic E-state index is -0.338. The first-order valence-electron chi connectivity index (χ1n) is 2.76. The zero-order valence-electron chi connectivity index (χ0n) is 5.76. The zero-order valence-corrected chi connectivity index (χ0v) is 6.57. The fourth-order valence-corrected chi connectivity index (χ4v) is 0.535. The van der Waals surface area contributed by atoms with E-state index in [0.29, 0.717) is 13.1 Å². The van der Waals surface area contributed by atoms with Gasteiger partial charge in [0.1, 0.15) is 0 Å². The van der Waals surface area contributed by atoms with Crippen LogP contribution in [0.15, 0.2) is 0 Å². The van der Waals surface area contributed by atoms with Gasteiger partial charge in [-0.15, -0.1) is 12.4 Å². The van der Waals surface area contributed by atoms with Crippen molar-refractivity contribution in [3.8, 4) is 0 Å². The Balaban J connectivity index is 0. The summed E-state index contributed by atoms with van der Waals surface area (Å²) in [4.78, 5) is 11.9. The van der Waals surface area contributed by atoms with Gasteiger partial charge in [0.25, 0.3) is 0 Å². The molecule has 2 N–H and O–H groups in total. The van der Waals surface area contributed by atoms with Crippen LogP contribution in [-0.2, 0) is 0 Å². The third-order valence-corrected chi connectivity index (χ3v) is 1.08. The molecule has 0 saturated heterocycles. The molecule has 4 heteroatoms. The van der Waals surface area contributed by atoms with Crippen LogP contribution < -0.4 is 5.73 Å². The molecule has 0 bridgehead atoms. The van der Waals surface area contributed by atoms with Crippen molar-refractivity contribution < 1.29 is 4.79 Å². The van der Waals surface area contributed by atoms with Gasteiger partial charge in [0.2, 0.25) is 0 Å². The maximum atomic E-state index is 10.3. The highest BCUT2D eigenvalue weighted by atomic mass is 35.5. The number of hydrogen-bond acceptors (Lipinski definition) is 1. The summed E-state index contributed by atoms with van der Waals surface area (Å²) < 4.78 is 0. The molecule has 0 rings (SSSR count). The molecule has 0 aromatic rings. The van der Waals surface area contributed by atoms with Gasteiger partial charge in [0.05, 0.1) is 0 Å². The van der Waals surface area contributed by atoms with E-state index in [9.17, 15) is 4.79 Å². The molecule has 0 spiro atoms. The molecular formula is C5H13ClN2O. The molecule has 0 aromatic carbocycles. The van der Waals surface area contributed by atoms with Gasteiger partial charge < -0.3 is 10.6 Å². The predicted molar refractivity (Wildman–Crippen MR) is 39.8 cm³/mol. The van der Waals surface area contributed by atoms with Crippen LogP contribution in [0.4, 0.5) is 4.79 Å². The van der Waals surface area contributed by atoms with Crippen LogP contribution in [0.2, 0.25) is 0 Å². The molecule has 0 unspecified atom stereocenters. The Morgan fingerprint density at radius 2 is 1.78 bits per heavy atom. The van der Waals surface area contributed by atoms with Crippen molar-refractivity contribution in [2.24, 2.45) is 5.73 Å². The number of amides is 2. The summed E-state index contributed by atoms with van der Waals surface area (Å²) >= 11 is 0. The molecule has 0 heterocycles. The summed E-state index contributed by atoms with van der Waals surface area (Å²) in [6.07, 6.45) is 0. The van der Waals surface area contributed by atoms with Gasteiger partial charge in [-0.1, -0.05) is 0 Å². The Morgan fingerprint density at radius 1 is 1.44 bits per heavy atom. The fourth-order valence-electron chi connectivity index (χ4n) is 0.535. The topological polar surface area (TPSA) is 46.3 Å². The molecule has 0 atom stereocenters. The van der Waals surface area contributed by atoms with Crippen molar-refractivity contribution in [1.29, 1.82) is 0 Å². The molecule has 56 valence electrons. The molecule has 0 saturated carbocycles. The number of hydrogen-bond donors (Lipinski definition) is 1. The van der Waals surface area contributed by atoms with Crippen LogP contribution in [0.5, 0.6) is 0 Å². The van der Waals surface area contributed by atoms with Crippen molar-refractivity contribution >= 4 is 18.4 Å². The van der Waals surface area contributed by atoms with Crippen molar-refractivity contribution in [2.75, 3.05) is 13.1 Å². The van der Waals surface area contributed by atoms with Gasteiger partial charge in [0, 0.05) is 13.1 Å². The monoisotopic (exact) mass is 152 g/mol. The van der Waals surface area contributed by atoms with Crippen LogP contribution >= 0.6 is 12.4 Å². The van der Waals surface area contributed by atoms with Crippen LogP contribution in [0.1, 0.15) is 13.8 Å². The molecule has 2 amide bonds. The van der Waals surface area contributed by atoms with E-state index in [2.05, 4.69) is 0 Å². The lowest BCUT2D eigenvalue weighted by Crippen LogP contribution is -2.35. The smallest absolute Gasteiger partial charge is 0.314 e. The highest BCUT2D eigenvalue weighted by Crippen LogP contribution is 1.82. The first-order chi connectivity index (χ1) is 3.72. The number of rotatable bonds is 2. The summed E-state index contributed by atoms with van der Waals surface area (Å²) in [5.74, 6) is 0. The van der Waals surface area contributed by atoms with Crippen molar-refractivity contribution in [3.63, 3.8) is 0 Å². The first-order valence-corrected chi connectivity index (χ1v) is 2.76. The summed E-state index contributed by atoms with van der Waals surface area (Å²) in [7, 11) is 0. The van der Waals surface area contributed by atoms with E-state index >= 15 is 0 Å². The second-order valence-corrected chi connectivity index (χ2v) is 1.51. The van der Waals surface area contributed by atoms with Crippen LogP contribution in [0.25, 0.3) is 0 Å². The SMILES string of the molecule is CCN(CC)C(N)=O.Cl. The Morgan fingerprint density at radius 3 is 1.78 bits per heavy atom. The maximum Gasteiger partial charge on any atom is 0.314 e. The maximum absolute atomic E-state index is 10.3. The van der Waals surface area contributed by atoms with Crippen molar-refractivity contribution in [1.82, 2.24) is 4.90 Å². The quantitative estimate of drug-likeness (QED) is 0.626. The average Bonchev–Trinajstić information content (AvgIpc) is 1.69. The zero-order chi connectivity index (χ0) is 6.57. The molecule has 0 aliphatic carbocycles. The Hall–Kier alpha value is -0.440. The Kier molecular flexibility index (Phi) is 7.19. The molecule has 0 aliphatic rings. The fraction of sp³-hybridized carbons (Fsp3) is 0.800. The number of nitrogens with two attached hydrogens (primary N) is 1. The van der Waals surface area contributed by atoms with Crippen LogP contribution in [0, 0.1) is 0 Å². The first kappa shape index (κ1) is 11.4. The minimum Gasteiger partial charge on any atom is -0.351 e. The van der Waals surface area contributed by atoms with Crippen LogP contribution in [-0.4, -0.2) is 24.0 Å². The summed E-state index contributed by atoms with van der Waals surface area (Å²) in [6, 6.07) is -0.338. The second-order valence-electron chi connectivity index (χ2n) is 1.51. The highest BCUT2D eigenvalue weighted by Gasteiger charge is 2.00. The van der Waals surface area contributed by atoms with Gasteiger partial charge in [-0.2, -0.15) is 0 Å². The molecule has 0 aliphatic heterocycles. The standard InChI is InChI=1S/C5H12N2O.ClH/c1-3-7(4-2)5(6)8;/h3-4H2,1-2H3,(H2,6,8);1H. The Labute approximate surface area is 61.6 Å². The number of primary amides is 1. The number of urea groups is 1. The predicted octanol–water partition coefficient (Wildman–Crippen LogP) is 0.829. The van der Waals surface area contributed by atoms with Gasteiger partial charge in [-0.05, 0) is 13.8 Å². The van der Waals surface area contributed by atoms with E-state index in [1.165, 1.54) is 0 Å². The van der Waals surface area contributed by atoms with E-state index in [4.69, 9.17) is 5.73 Å². The third kappa shape index (κ3) is 4.09. The Bertz CT molecular complexity index is 83.0. The number of nitrogens with zero attached hydrogens (tertiary/aromatic N) is 1. The van der Waals surface area contributed by atoms with E-state index in [1.54, 1.807) is 4.90 Å². The van der Waals surface area contributed by atoms with Gasteiger partial charge >= 0.3 is 6.03 Å². The lowest BCUT2D eigenvalue weighted by molar-refractivity contribution is 0.213. The van der Waals surface area contributed by atoms with Gasteiger partial charge in [-0.3, -0.25) is 0 Å².